The summed E-state index contributed by atoms with van der Waals surface area (Å²) in [5, 5.41) is 20.9. The standard InChI is InChI=1S/C22H36O2/c1-4-22(24)12-10-16-15(13-22)5-6-18-17(16)9-11-21(3)19(14(2)23)7-8-20(18)21/h4,14-20,23-24H,1,5-13H2,2-3H3/t14?,15-,16+,17-,18-,19-,20+,21-,22-/m1/s1. The Kier molecular flexibility index (Phi) is 4.16. The van der Waals surface area contributed by atoms with Gasteiger partial charge in [0.25, 0.3) is 0 Å². The van der Waals surface area contributed by atoms with E-state index < -0.39 is 5.60 Å². The fraction of sp³-hybridized carbons (Fsp3) is 0.909. The molecule has 4 aliphatic carbocycles. The fourth-order valence-corrected chi connectivity index (χ4v) is 7.93. The molecule has 0 aromatic heterocycles. The van der Waals surface area contributed by atoms with Gasteiger partial charge in [-0.25, -0.2) is 0 Å². The van der Waals surface area contributed by atoms with Gasteiger partial charge >= 0.3 is 0 Å². The lowest BCUT2D eigenvalue weighted by atomic mass is 9.49. The van der Waals surface area contributed by atoms with E-state index in [9.17, 15) is 10.2 Å². The second kappa shape index (κ2) is 5.84. The van der Waals surface area contributed by atoms with E-state index in [1.807, 2.05) is 6.92 Å². The molecule has 9 atom stereocenters. The van der Waals surface area contributed by atoms with Crippen LogP contribution in [0.3, 0.4) is 0 Å². The van der Waals surface area contributed by atoms with E-state index in [0.717, 1.165) is 36.5 Å². The van der Waals surface area contributed by atoms with E-state index in [4.69, 9.17) is 0 Å². The van der Waals surface area contributed by atoms with Crippen LogP contribution in [0.4, 0.5) is 0 Å². The molecule has 24 heavy (non-hydrogen) atoms. The maximum atomic E-state index is 10.7. The molecule has 2 nitrogen and oxygen atoms in total. The van der Waals surface area contributed by atoms with Crippen LogP contribution in [0.25, 0.3) is 0 Å². The highest BCUT2D eigenvalue weighted by Gasteiger charge is 2.58. The van der Waals surface area contributed by atoms with Crippen LogP contribution < -0.4 is 0 Å². The van der Waals surface area contributed by atoms with E-state index in [2.05, 4.69) is 13.5 Å². The Bertz CT molecular complexity index is 500. The first-order valence-corrected chi connectivity index (χ1v) is 10.4. The first-order chi connectivity index (χ1) is 11.4. The number of rotatable bonds is 2. The van der Waals surface area contributed by atoms with E-state index in [0.29, 0.717) is 17.3 Å². The monoisotopic (exact) mass is 332 g/mol. The number of fused-ring (bicyclic) bond motifs is 5. The molecular weight excluding hydrogens is 296 g/mol. The lowest BCUT2D eigenvalue weighted by molar-refractivity contribution is -0.1000. The molecule has 4 fully saturated rings. The lowest BCUT2D eigenvalue weighted by Gasteiger charge is -2.57. The molecule has 0 saturated heterocycles. The van der Waals surface area contributed by atoms with Crippen LogP contribution in [-0.4, -0.2) is 21.9 Å². The molecule has 0 aliphatic heterocycles. The Morgan fingerprint density at radius 3 is 2.46 bits per heavy atom. The summed E-state index contributed by atoms with van der Waals surface area (Å²) in [5.74, 6) is 4.64. The normalized spacial score (nSPS) is 55.2. The Morgan fingerprint density at radius 2 is 1.75 bits per heavy atom. The second-order valence-corrected chi connectivity index (χ2v) is 9.95. The minimum atomic E-state index is -0.595. The van der Waals surface area contributed by atoms with E-state index in [1.54, 1.807) is 6.08 Å². The molecule has 0 aromatic rings. The summed E-state index contributed by atoms with van der Waals surface area (Å²) < 4.78 is 0. The van der Waals surface area contributed by atoms with Crippen LogP contribution in [-0.2, 0) is 0 Å². The molecule has 0 amide bonds. The van der Waals surface area contributed by atoms with Crippen LogP contribution in [0.2, 0.25) is 0 Å². The third kappa shape index (κ3) is 2.43. The second-order valence-electron chi connectivity index (χ2n) is 9.95. The summed E-state index contributed by atoms with van der Waals surface area (Å²) in [7, 11) is 0. The minimum Gasteiger partial charge on any atom is -0.393 e. The number of aliphatic hydroxyl groups is 2. The van der Waals surface area contributed by atoms with Crippen molar-refractivity contribution in [1.82, 2.24) is 0 Å². The SMILES string of the molecule is C=C[C@@]1(O)CC[C@H]2[C@H](CC[C@@H]3[C@@H]2CC[C@]2(C)[C@@H](C(C)O)CC[C@@H]32)C1. The number of aliphatic hydroxyl groups excluding tert-OH is 1. The van der Waals surface area contributed by atoms with Gasteiger partial charge in [0.2, 0.25) is 0 Å². The summed E-state index contributed by atoms with van der Waals surface area (Å²) in [4.78, 5) is 0. The van der Waals surface area contributed by atoms with Crippen molar-refractivity contribution in [2.45, 2.75) is 83.3 Å². The summed E-state index contributed by atoms with van der Waals surface area (Å²) in [6.07, 6.45) is 12.6. The molecule has 0 spiro atoms. The Labute approximate surface area is 147 Å². The first kappa shape index (κ1) is 17.1. The highest BCUT2D eigenvalue weighted by atomic mass is 16.3. The van der Waals surface area contributed by atoms with Crippen LogP contribution in [0.15, 0.2) is 12.7 Å². The molecule has 2 heteroatoms. The zero-order valence-electron chi connectivity index (χ0n) is 15.6. The van der Waals surface area contributed by atoms with Crippen molar-refractivity contribution < 1.29 is 10.2 Å². The van der Waals surface area contributed by atoms with Gasteiger partial charge < -0.3 is 10.2 Å². The molecule has 4 rings (SSSR count). The van der Waals surface area contributed by atoms with E-state index in [-0.39, 0.29) is 6.10 Å². The van der Waals surface area contributed by atoms with Gasteiger partial charge in [-0.15, -0.1) is 6.58 Å². The van der Waals surface area contributed by atoms with Crippen LogP contribution in [0, 0.1) is 40.9 Å². The number of hydrogen-bond acceptors (Lipinski definition) is 2. The van der Waals surface area contributed by atoms with Crippen LogP contribution in [0.5, 0.6) is 0 Å². The van der Waals surface area contributed by atoms with Crippen molar-refractivity contribution in [3.63, 3.8) is 0 Å². The zero-order chi connectivity index (χ0) is 17.1. The third-order valence-electron chi connectivity index (χ3n) is 9.08. The molecule has 0 aromatic carbocycles. The van der Waals surface area contributed by atoms with Gasteiger partial charge in [-0.1, -0.05) is 13.0 Å². The summed E-state index contributed by atoms with van der Waals surface area (Å²) in [6, 6.07) is 0. The first-order valence-electron chi connectivity index (χ1n) is 10.4. The molecule has 4 saturated carbocycles. The third-order valence-corrected chi connectivity index (χ3v) is 9.08. The van der Waals surface area contributed by atoms with Crippen LogP contribution in [0.1, 0.15) is 71.6 Å². The maximum Gasteiger partial charge on any atom is 0.0827 e. The van der Waals surface area contributed by atoms with Gasteiger partial charge in [-0.05, 0) is 106 Å². The van der Waals surface area contributed by atoms with Crippen molar-refractivity contribution in [2.75, 3.05) is 0 Å². The molecular formula is C22H36O2. The Morgan fingerprint density at radius 1 is 1.00 bits per heavy atom. The van der Waals surface area contributed by atoms with Gasteiger partial charge in [0.1, 0.15) is 0 Å². The molecule has 0 radical (unpaired) electrons. The molecule has 4 aliphatic rings. The molecule has 136 valence electrons. The predicted molar refractivity (Wildman–Crippen MR) is 97.4 cm³/mol. The van der Waals surface area contributed by atoms with E-state index >= 15 is 0 Å². The molecule has 0 bridgehead atoms. The van der Waals surface area contributed by atoms with Crippen molar-refractivity contribution in [3.8, 4) is 0 Å². The topological polar surface area (TPSA) is 40.5 Å². The summed E-state index contributed by atoms with van der Waals surface area (Å²) in [6.45, 7) is 8.38. The zero-order valence-corrected chi connectivity index (χ0v) is 15.6. The van der Waals surface area contributed by atoms with Gasteiger partial charge in [0.05, 0.1) is 11.7 Å². The largest absolute Gasteiger partial charge is 0.393 e. The fourth-order valence-electron chi connectivity index (χ4n) is 7.93. The van der Waals surface area contributed by atoms with Crippen molar-refractivity contribution in [3.05, 3.63) is 12.7 Å². The van der Waals surface area contributed by atoms with E-state index in [1.165, 1.54) is 44.9 Å². The smallest absolute Gasteiger partial charge is 0.0827 e. The number of hydrogen-bond donors (Lipinski definition) is 2. The average Bonchev–Trinajstić information content (AvgIpc) is 2.91. The lowest BCUT2D eigenvalue weighted by Crippen LogP contribution is -2.51. The highest BCUT2D eigenvalue weighted by Crippen LogP contribution is 2.65. The van der Waals surface area contributed by atoms with Gasteiger partial charge in [-0.3, -0.25) is 0 Å². The minimum absolute atomic E-state index is 0.148. The predicted octanol–water partition coefficient (Wildman–Crippen LogP) is 4.55. The average molecular weight is 333 g/mol. The van der Waals surface area contributed by atoms with Gasteiger partial charge in [0, 0.05) is 0 Å². The Balaban J connectivity index is 1.53. The molecule has 1 unspecified atom stereocenters. The molecule has 0 heterocycles. The Hall–Kier alpha value is -0.340. The van der Waals surface area contributed by atoms with Crippen molar-refractivity contribution in [2.24, 2.45) is 40.9 Å². The highest BCUT2D eigenvalue weighted by molar-refractivity contribution is 5.09. The molecule has 2 N–H and O–H groups in total. The maximum absolute atomic E-state index is 10.7. The van der Waals surface area contributed by atoms with Crippen molar-refractivity contribution in [1.29, 1.82) is 0 Å². The van der Waals surface area contributed by atoms with Crippen molar-refractivity contribution >= 4 is 0 Å². The quantitative estimate of drug-likeness (QED) is 0.728. The summed E-state index contributed by atoms with van der Waals surface area (Å²) in [5.41, 5.74) is -0.222. The summed E-state index contributed by atoms with van der Waals surface area (Å²) >= 11 is 0. The van der Waals surface area contributed by atoms with Gasteiger partial charge in [0.15, 0.2) is 0 Å². The van der Waals surface area contributed by atoms with Crippen LogP contribution >= 0.6 is 0 Å². The van der Waals surface area contributed by atoms with Gasteiger partial charge in [-0.2, -0.15) is 0 Å².